The summed E-state index contributed by atoms with van der Waals surface area (Å²) in [6.07, 6.45) is 8.31. The van der Waals surface area contributed by atoms with Crippen LogP contribution in [0.2, 0.25) is 0 Å². The zero-order valence-electron chi connectivity index (χ0n) is 17.0. The summed E-state index contributed by atoms with van der Waals surface area (Å²) in [6, 6.07) is 12.0. The standard InChI is InChI=1S/C23H29N5O/c1-18-8-13-28-21(17-25-22(28)14-18)16-24-19-6-5-7-20(15-19)26-23(29)9-12-27-10-3-2-4-11-27/h5-8,13-15,17,24H,2-4,9-12,16H2,1H3,(H,26,29). The van der Waals surface area contributed by atoms with Gasteiger partial charge in [-0.2, -0.15) is 0 Å². The lowest BCUT2D eigenvalue weighted by Gasteiger charge is -2.25. The Labute approximate surface area is 171 Å². The number of likely N-dealkylation sites (tertiary alicyclic amines) is 1. The van der Waals surface area contributed by atoms with Gasteiger partial charge in [0, 0.05) is 30.5 Å². The fraction of sp³-hybridized carbons (Fsp3) is 0.391. The van der Waals surface area contributed by atoms with E-state index in [-0.39, 0.29) is 5.91 Å². The highest BCUT2D eigenvalue weighted by atomic mass is 16.1. The first-order valence-electron chi connectivity index (χ1n) is 10.5. The minimum absolute atomic E-state index is 0.0740. The van der Waals surface area contributed by atoms with Gasteiger partial charge in [-0.1, -0.05) is 12.5 Å². The minimum atomic E-state index is 0.0740. The molecule has 1 fully saturated rings. The Hall–Kier alpha value is -2.86. The Morgan fingerprint density at radius 1 is 1.10 bits per heavy atom. The van der Waals surface area contributed by atoms with Crippen molar-refractivity contribution in [1.29, 1.82) is 0 Å². The topological polar surface area (TPSA) is 61.7 Å². The van der Waals surface area contributed by atoms with Gasteiger partial charge >= 0.3 is 0 Å². The number of imidazole rings is 1. The van der Waals surface area contributed by atoms with Crippen LogP contribution in [0.5, 0.6) is 0 Å². The molecule has 152 valence electrons. The van der Waals surface area contributed by atoms with E-state index in [0.29, 0.717) is 13.0 Å². The van der Waals surface area contributed by atoms with E-state index in [2.05, 4.69) is 44.0 Å². The lowest BCUT2D eigenvalue weighted by molar-refractivity contribution is -0.116. The number of aromatic nitrogens is 2. The molecule has 2 N–H and O–H groups in total. The van der Waals surface area contributed by atoms with Crippen LogP contribution in [0, 0.1) is 6.92 Å². The summed E-state index contributed by atoms with van der Waals surface area (Å²) in [7, 11) is 0. The Balaban J connectivity index is 1.31. The number of carbonyl (C=O) groups is 1. The summed E-state index contributed by atoms with van der Waals surface area (Å²) in [4.78, 5) is 19.2. The first kappa shape index (κ1) is 19.5. The third-order valence-corrected chi connectivity index (χ3v) is 5.47. The Kier molecular flexibility index (Phi) is 6.10. The minimum Gasteiger partial charge on any atom is -0.379 e. The second kappa shape index (κ2) is 9.09. The largest absolute Gasteiger partial charge is 0.379 e. The summed E-state index contributed by atoms with van der Waals surface area (Å²) in [5, 5.41) is 6.46. The van der Waals surface area contributed by atoms with Crippen molar-refractivity contribution in [3.8, 4) is 0 Å². The molecule has 6 heteroatoms. The van der Waals surface area contributed by atoms with Gasteiger partial charge in [0.1, 0.15) is 5.65 Å². The van der Waals surface area contributed by atoms with Crippen molar-refractivity contribution in [3.05, 3.63) is 60.0 Å². The van der Waals surface area contributed by atoms with E-state index in [4.69, 9.17) is 0 Å². The van der Waals surface area contributed by atoms with Gasteiger partial charge in [-0.25, -0.2) is 4.98 Å². The number of hydrogen-bond acceptors (Lipinski definition) is 4. The maximum Gasteiger partial charge on any atom is 0.225 e. The molecule has 1 saturated heterocycles. The molecule has 1 aliphatic heterocycles. The first-order valence-corrected chi connectivity index (χ1v) is 10.5. The lowest BCUT2D eigenvalue weighted by atomic mass is 10.1. The van der Waals surface area contributed by atoms with Crippen LogP contribution in [0.25, 0.3) is 5.65 Å². The quantitative estimate of drug-likeness (QED) is 0.637. The number of benzene rings is 1. The van der Waals surface area contributed by atoms with Gasteiger partial charge in [0.15, 0.2) is 0 Å². The van der Waals surface area contributed by atoms with Crippen LogP contribution < -0.4 is 10.6 Å². The number of nitrogens with zero attached hydrogens (tertiary/aromatic N) is 3. The first-order chi connectivity index (χ1) is 14.2. The molecule has 0 radical (unpaired) electrons. The van der Waals surface area contributed by atoms with Crippen molar-refractivity contribution in [2.75, 3.05) is 30.3 Å². The molecule has 1 aromatic carbocycles. The average Bonchev–Trinajstić information content (AvgIpc) is 3.14. The van der Waals surface area contributed by atoms with E-state index >= 15 is 0 Å². The molecule has 29 heavy (non-hydrogen) atoms. The third-order valence-electron chi connectivity index (χ3n) is 5.47. The van der Waals surface area contributed by atoms with Crippen LogP contribution in [0.15, 0.2) is 48.8 Å². The summed E-state index contributed by atoms with van der Waals surface area (Å²) >= 11 is 0. The van der Waals surface area contributed by atoms with Gasteiger partial charge in [-0.3, -0.25) is 4.79 Å². The molecule has 4 rings (SSSR count). The second-order valence-corrected chi connectivity index (χ2v) is 7.82. The lowest BCUT2D eigenvalue weighted by Crippen LogP contribution is -2.32. The number of pyridine rings is 1. The van der Waals surface area contributed by atoms with Crippen molar-refractivity contribution >= 4 is 22.9 Å². The Bertz CT molecular complexity index is 974. The normalized spacial score (nSPS) is 14.8. The number of rotatable bonds is 7. The van der Waals surface area contributed by atoms with Crippen LogP contribution >= 0.6 is 0 Å². The van der Waals surface area contributed by atoms with Gasteiger partial charge in [-0.05, 0) is 68.8 Å². The van der Waals surface area contributed by atoms with Gasteiger partial charge in [0.05, 0.1) is 18.4 Å². The van der Waals surface area contributed by atoms with Gasteiger partial charge in [0.25, 0.3) is 0 Å². The number of aryl methyl sites for hydroxylation is 1. The maximum absolute atomic E-state index is 12.3. The predicted octanol–water partition coefficient (Wildman–Crippen LogP) is 4.07. The zero-order chi connectivity index (χ0) is 20.1. The Morgan fingerprint density at radius 2 is 1.93 bits per heavy atom. The summed E-state index contributed by atoms with van der Waals surface area (Å²) in [5.74, 6) is 0.0740. The Morgan fingerprint density at radius 3 is 2.79 bits per heavy atom. The highest BCUT2D eigenvalue weighted by molar-refractivity contribution is 5.91. The second-order valence-electron chi connectivity index (χ2n) is 7.82. The molecular weight excluding hydrogens is 362 g/mol. The van der Waals surface area contributed by atoms with Gasteiger partial charge < -0.3 is 19.9 Å². The predicted molar refractivity (Wildman–Crippen MR) is 117 cm³/mol. The number of amides is 1. The fourth-order valence-electron chi connectivity index (χ4n) is 3.83. The van der Waals surface area contributed by atoms with E-state index < -0.39 is 0 Å². The van der Waals surface area contributed by atoms with Gasteiger partial charge in [-0.15, -0.1) is 0 Å². The van der Waals surface area contributed by atoms with Crippen LogP contribution in [-0.4, -0.2) is 39.8 Å². The smallest absolute Gasteiger partial charge is 0.225 e. The number of piperidine rings is 1. The number of carbonyl (C=O) groups excluding carboxylic acids is 1. The van der Waals surface area contributed by atoms with E-state index in [1.165, 1.54) is 24.8 Å². The SMILES string of the molecule is Cc1ccn2c(CNc3cccc(NC(=O)CCN4CCCCC4)c3)cnc2c1. The molecule has 1 aliphatic rings. The molecule has 0 saturated carbocycles. The van der Waals surface area contributed by atoms with Crippen molar-refractivity contribution in [2.45, 2.75) is 39.2 Å². The van der Waals surface area contributed by atoms with Crippen LogP contribution in [-0.2, 0) is 11.3 Å². The highest BCUT2D eigenvalue weighted by Crippen LogP contribution is 2.17. The molecule has 6 nitrogen and oxygen atoms in total. The molecule has 2 aromatic heterocycles. The molecule has 1 amide bonds. The van der Waals surface area contributed by atoms with E-state index in [0.717, 1.165) is 42.4 Å². The number of fused-ring (bicyclic) bond motifs is 1. The van der Waals surface area contributed by atoms with Crippen LogP contribution in [0.3, 0.4) is 0 Å². The summed E-state index contributed by atoms with van der Waals surface area (Å²) < 4.78 is 2.09. The van der Waals surface area contributed by atoms with Crippen molar-refractivity contribution in [1.82, 2.24) is 14.3 Å². The third kappa shape index (κ3) is 5.15. The van der Waals surface area contributed by atoms with E-state index in [1.54, 1.807) is 0 Å². The van der Waals surface area contributed by atoms with Crippen LogP contribution in [0.4, 0.5) is 11.4 Å². The summed E-state index contributed by atoms with van der Waals surface area (Å²) in [5.41, 5.74) is 5.05. The van der Waals surface area contributed by atoms with Crippen molar-refractivity contribution in [2.24, 2.45) is 0 Å². The molecule has 0 unspecified atom stereocenters. The number of anilines is 2. The van der Waals surface area contributed by atoms with E-state index in [1.807, 2.05) is 36.7 Å². The molecule has 0 aliphatic carbocycles. The van der Waals surface area contributed by atoms with Crippen molar-refractivity contribution in [3.63, 3.8) is 0 Å². The molecule has 3 aromatic rings. The highest BCUT2D eigenvalue weighted by Gasteiger charge is 2.12. The number of nitrogens with one attached hydrogen (secondary N) is 2. The average molecular weight is 392 g/mol. The molecule has 3 heterocycles. The zero-order valence-corrected chi connectivity index (χ0v) is 17.0. The van der Waals surface area contributed by atoms with Crippen molar-refractivity contribution < 1.29 is 4.79 Å². The summed E-state index contributed by atoms with van der Waals surface area (Å²) in [6.45, 7) is 5.82. The monoisotopic (exact) mass is 391 g/mol. The molecular formula is C23H29N5O. The molecule has 0 bridgehead atoms. The molecule has 0 spiro atoms. The van der Waals surface area contributed by atoms with Gasteiger partial charge in [0.2, 0.25) is 5.91 Å². The maximum atomic E-state index is 12.3. The van der Waals surface area contributed by atoms with Crippen LogP contribution in [0.1, 0.15) is 36.9 Å². The molecule has 0 atom stereocenters. The number of hydrogen-bond donors (Lipinski definition) is 2. The van der Waals surface area contributed by atoms with E-state index in [9.17, 15) is 4.79 Å². The fourth-order valence-corrected chi connectivity index (χ4v) is 3.83.